The maximum absolute atomic E-state index is 10.7. The van der Waals surface area contributed by atoms with Crippen molar-refractivity contribution < 1.29 is 9.53 Å². The Morgan fingerprint density at radius 1 is 1.21 bits per heavy atom. The van der Waals surface area contributed by atoms with Gasteiger partial charge < -0.3 is 9.53 Å². The van der Waals surface area contributed by atoms with Gasteiger partial charge in [0.15, 0.2) is 0 Å². The van der Waals surface area contributed by atoms with Gasteiger partial charge in [-0.3, -0.25) is 4.98 Å². The quantitative estimate of drug-likeness (QED) is 0.768. The number of pyridine rings is 1. The molecule has 1 aromatic carbocycles. The Morgan fingerprint density at radius 2 is 1.95 bits per heavy atom. The lowest BCUT2D eigenvalue weighted by molar-refractivity contribution is -0.108. The first kappa shape index (κ1) is 13.3. The van der Waals surface area contributed by atoms with Gasteiger partial charge in [0.2, 0.25) is 0 Å². The predicted octanol–water partition coefficient (Wildman–Crippen LogP) is 3.45. The average Bonchev–Trinajstić information content (AvgIpc) is 2.48. The van der Waals surface area contributed by atoms with Crippen LogP contribution in [0.2, 0.25) is 0 Å². The molecule has 0 aliphatic carbocycles. The summed E-state index contributed by atoms with van der Waals surface area (Å²) >= 11 is 0. The van der Waals surface area contributed by atoms with Gasteiger partial charge in [-0.1, -0.05) is 13.0 Å². The van der Waals surface area contributed by atoms with E-state index in [-0.39, 0.29) is 5.92 Å². The van der Waals surface area contributed by atoms with Crippen LogP contribution in [0.3, 0.4) is 0 Å². The number of ether oxygens (including phenoxy) is 1. The largest absolute Gasteiger partial charge is 0.497 e. The molecule has 0 aliphatic rings. The van der Waals surface area contributed by atoms with Gasteiger partial charge in [0.05, 0.1) is 7.11 Å². The Hall–Kier alpha value is -2.16. The number of nitrogens with zero attached hydrogens (tertiary/aromatic N) is 1. The molecule has 0 saturated carbocycles. The summed E-state index contributed by atoms with van der Waals surface area (Å²) in [4.78, 5) is 14.7. The highest BCUT2D eigenvalue weighted by Gasteiger charge is 2.09. The zero-order chi connectivity index (χ0) is 13.7. The molecule has 0 aliphatic heterocycles. The minimum Gasteiger partial charge on any atom is -0.497 e. The fraction of sp³-hybridized carbons (Fsp3) is 0.250. The molecule has 1 heterocycles. The normalized spacial score (nSPS) is 11.9. The van der Waals surface area contributed by atoms with Gasteiger partial charge in [-0.25, -0.2) is 0 Å². The van der Waals surface area contributed by atoms with E-state index >= 15 is 0 Å². The second-order valence-electron chi connectivity index (χ2n) is 4.53. The molecule has 0 spiro atoms. The number of rotatable bonds is 5. The van der Waals surface area contributed by atoms with Crippen LogP contribution in [0.25, 0.3) is 11.1 Å². The highest BCUT2D eigenvalue weighted by atomic mass is 16.5. The molecule has 98 valence electrons. The Bertz CT molecular complexity index is 552. The molecule has 0 saturated heterocycles. The van der Waals surface area contributed by atoms with E-state index in [1.54, 1.807) is 19.5 Å². The second kappa shape index (κ2) is 6.14. The number of aldehydes is 1. The van der Waals surface area contributed by atoms with Crippen LogP contribution in [0.1, 0.15) is 24.8 Å². The standard InChI is InChI=1S/C16H17NO2/c1-12(5-8-18)14-9-15(11-16(10-14)19-2)13-3-6-17-7-4-13/h3-4,6-12H,5H2,1-2H3/t12-/m1/s1. The lowest BCUT2D eigenvalue weighted by Crippen LogP contribution is -1.96. The van der Waals surface area contributed by atoms with Crippen LogP contribution in [-0.4, -0.2) is 18.4 Å². The predicted molar refractivity (Wildman–Crippen MR) is 75.3 cm³/mol. The molecule has 0 unspecified atom stereocenters. The van der Waals surface area contributed by atoms with E-state index in [0.29, 0.717) is 6.42 Å². The molecule has 3 heteroatoms. The number of hydrogen-bond acceptors (Lipinski definition) is 3. The van der Waals surface area contributed by atoms with Gasteiger partial charge in [0, 0.05) is 18.8 Å². The molecule has 3 nitrogen and oxygen atoms in total. The molecule has 0 amide bonds. The summed E-state index contributed by atoms with van der Waals surface area (Å²) in [5.41, 5.74) is 3.28. The van der Waals surface area contributed by atoms with Crippen LogP contribution in [0.15, 0.2) is 42.7 Å². The number of carbonyl (C=O) groups is 1. The first-order valence-corrected chi connectivity index (χ1v) is 6.27. The Balaban J connectivity index is 2.44. The minimum atomic E-state index is 0.188. The third-order valence-electron chi connectivity index (χ3n) is 3.20. The SMILES string of the molecule is COc1cc(-c2ccncc2)cc([C@H](C)CC=O)c1. The molecule has 1 aromatic heterocycles. The fourth-order valence-electron chi connectivity index (χ4n) is 2.02. The number of aromatic nitrogens is 1. The van der Waals surface area contributed by atoms with E-state index in [1.165, 1.54) is 0 Å². The van der Waals surface area contributed by atoms with E-state index < -0.39 is 0 Å². The number of hydrogen-bond donors (Lipinski definition) is 0. The minimum absolute atomic E-state index is 0.188. The zero-order valence-corrected chi connectivity index (χ0v) is 11.2. The van der Waals surface area contributed by atoms with Crippen molar-refractivity contribution in [2.24, 2.45) is 0 Å². The maximum Gasteiger partial charge on any atom is 0.120 e. The first-order valence-electron chi connectivity index (χ1n) is 6.27. The lowest BCUT2D eigenvalue weighted by atomic mass is 9.94. The van der Waals surface area contributed by atoms with Crippen LogP contribution in [0.5, 0.6) is 5.75 Å². The molecular weight excluding hydrogens is 238 g/mol. The van der Waals surface area contributed by atoms with E-state index in [4.69, 9.17) is 4.74 Å². The third-order valence-corrected chi connectivity index (χ3v) is 3.20. The number of carbonyl (C=O) groups excluding carboxylic acids is 1. The molecule has 0 radical (unpaired) electrons. The second-order valence-corrected chi connectivity index (χ2v) is 4.53. The van der Waals surface area contributed by atoms with Gasteiger partial charge in [-0.05, 0) is 46.9 Å². The fourth-order valence-corrected chi connectivity index (χ4v) is 2.02. The van der Waals surface area contributed by atoms with E-state index in [0.717, 1.165) is 28.7 Å². The Labute approximate surface area is 113 Å². The summed E-state index contributed by atoms with van der Waals surface area (Å²) in [6.07, 6.45) is 5.01. The molecule has 1 atom stereocenters. The van der Waals surface area contributed by atoms with Crippen LogP contribution >= 0.6 is 0 Å². The monoisotopic (exact) mass is 255 g/mol. The van der Waals surface area contributed by atoms with E-state index in [9.17, 15) is 4.79 Å². The van der Waals surface area contributed by atoms with Crippen LogP contribution in [0.4, 0.5) is 0 Å². The van der Waals surface area contributed by atoms with Crippen molar-refractivity contribution in [3.63, 3.8) is 0 Å². The van der Waals surface area contributed by atoms with Crippen molar-refractivity contribution in [1.82, 2.24) is 4.98 Å². The van der Waals surface area contributed by atoms with Crippen LogP contribution in [0, 0.1) is 0 Å². The summed E-state index contributed by atoms with van der Waals surface area (Å²) in [5, 5.41) is 0. The molecule has 19 heavy (non-hydrogen) atoms. The van der Waals surface area contributed by atoms with Crippen LogP contribution in [-0.2, 0) is 4.79 Å². The van der Waals surface area contributed by atoms with Crippen molar-refractivity contribution in [3.05, 3.63) is 48.3 Å². The summed E-state index contributed by atoms with van der Waals surface area (Å²) < 4.78 is 5.34. The highest BCUT2D eigenvalue weighted by molar-refractivity contribution is 5.66. The third kappa shape index (κ3) is 3.19. The Morgan fingerprint density at radius 3 is 2.58 bits per heavy atom. The summed E-state index contributed by atoms with van der Waals surface area (Å²) in [6.45, 7) is 2.04. The Kier molecular flexibility index (Phi) is 4.29. The van der Waals surface area contributed by atoms with Crippen molar-refractivity contribution in [2.75, 3.05) is 7.11 Å². The van der Waals surface area contributed by atoms with Gasteiger partial charge in [-0.15, -0.1) is 0 Å². The van der Waals surface area contributed by atoms with Crippen molar-refractivity contribution >= 4 is 6.29 Å². The molecule has 0 N–H and O–H groups in total. The number of methoxy groups -OCH3 is 1. The smallest absolute Gasteiger partial charge is 0.120 e. The molecule has 2 rings (SSSR count). The highest BCUT2D eigenvalue weighted by Crippen LogP contribution is 2.30. The van der Waals surface area contributed by atoms with Gasteiger partial charge in [-0.2, -0.15) is 0 Å². The molecular formula is C16H17NO2. The summed E-state index contributed by atoms with van der Waals surface area (Å²) in [5.74, 6) is 0.996. The first-order chi connectivity index (χ1) is 9.24. The van der Waals surface area contributed by atoms with Crippen molar-refractivity contribution in [2.45, 2.75) is 19.3 Å². The molecule has 0 fully saturated rings. The van der Waals surface area contributed by atoms with Crippen LogP contribution < -0.4 is 4.74 Å². The topological polar surface area (TPSA) is 39.2 Å². The van der Waals surface area contributed by atoms with E-state index in [2.05, 4.69) is 11.1 Å². The average molecular weight is 255 g/mol. The van der Waals surface area contributed by atoms with E-state index in [1.807, 2.05) is 31.2 Å². The number of benzene rings is 1. The summed E-state index contributed by atoms with van der Waals surface area (Å²) in [6, 6.07) is 10.0. The van der Waals surface area contributed by atoms with Gasteiger partial charge in [0.25, 0.3) is 0 Å². The lowest BCUT2D eigenvalue weighted by Gasteiger charge is -2.13. The van der Waals surface area contributed by atoms with Crippen molar-refractivity contribution in [1.29, 1.82) is 0 Å². The molecule has 2 aromatic rings. The van der Waals surface area contributed by atoms with Gasteiger partial charge >= 0.3 is 0 Å². The summed E-state index contributed by atoms with van der Waals surface area (Å²) in [7, 11) is 1.65. The van der Waals surface area contributed by atoms with Gasteiger partial charge in [0.1, 0.15) is 12.0 Å². The van der Waals surface area contributed by atoms with Crippen molar-refractivity contribution in [3.8, 4) is 16.9 Å². The maximum atomic E-state index is 10.7. The molecule has 0 bridgehead atoms. The zero-order valence-electron chi connectivity index (χ0n) is 11.2.